The lowest BCUT2D eigenvalue weighted by Gasteiger charge is -2.28. The van der Waals surface area contributed by atoms with Gasteiger partial charge >= 0.3 is 0 Å². The zero-order valence-corrected chi connectivity index (χ0v) is 10.0. The fraction of sp³-hybridized carbons (Fsp3) is 1.00. The van der Waals surface area contributed by atoms with E-state index >= 15 is 0 Å². The maximum absolute atomic E-state index is 5.40. The highest BCUT2D eigenvalue weighted by atomic mass is 16.5. The predicted octanol–water partition coefficient (Wildman–Crippen LogP) is 2.72. The summed E-state index contributed by atoms with van der Waals surface area (Å²) in [5.74, 6) is 0.914. The largest absolute Gasteiger partial charge is 0.381 e. The van der Waals surface area contributed by atoms with Crippen molar-refractivity contribution in [3.05, 3.63) is 0 Å². The van der Waals surface area contributed by atoms with Gasteiger partial charge < -0.3 is 10.1 Å². The van der Waals surface area contributed by atoms with Gasteiger partial charge in [0.15, 0.2) is 0 Å². The fourth-order valence-corrected chi connectivity index (χ4v) is 3.03. The lowest BCUT2D eigenvalue weighted by Crippen LogP contribution is -2.33. The molecule has 0 aromatic carbocycles. The minimum absolute atomic E-state index is 0.549. The minimum Gasteiger partial charge on any atom is -0.381 e. The first-order chi connectivity index (χ1) is 7.38. The maximum Gasteiger partial charge on any atom is 0.0571 e. The van der Waals surface area contributed by atoms with Gasteiger partial charge in [-0.05, 0) is 51.0 Å². The SMILES string of the molecule is CO[C@H]1CC[C@@H](CNC2CCCC2)CC1. The van der Waals surface area contributed by atoms with Crippen molar-refractivity contribution in [2.24, 2.45) is 5.92 Å². The highest BCUT2D eigenvalue weighted by molar-refractivity contribution is 4.78. The van der Waals surface area contributed by atoms with E-state index in [-0.39, 0.29) is 0 Å². The number of hydrogen-bond donors (Lipinski definition) is 1. The molecule has 2 rings (SSSR count). The van der Waals surface area contributed by atoms with Crippen LogP contribution >= 0.6 is 0 Å². The van der Waals surface area contributed by atoms with E-state index in [1.54, 1.807) is 0 Å². The number of rotatable bonds is 4. The molecule has 2 heteroatoms. The Morgan fingerprint density at radius 3 is 2.27 bits per heavy atom. The lowest BCUT2D eigenvalue weighted by atomic mass is 9.87. The van der Waals surface area contributed by atoms with Crippen molar-refractivity contribution >= 4 is 0 Å². The summed E-state index contributed by atoms with van der Waals surface area (Å²) in [5, 5.41) is 3.74. The Morgan fingerprint density at radius 1 is 1.00 bits per heavy atom. The van der Waals surface area contributed by atoms with Gasteiger partial charge in [0.05, 0.1) is 6.10 Å². The lowest BCUT2D eigenvalue weighted by molar-refractivity contribution is 0.0564. The summed E-state index contributed by atoms with van der Waals surface area (Å²) in [7, 11) is 1.85. The van der Waals surface area contributed by atoms with E-state index in [9.17, 15) is 0 Å². The molecule has 15 heavy (non-hydrogen) atoms. The second-order valence-corrected chi connectivity index (χ2v) is 5.27. The number of hydrogen-bond acceptors (Lipinski definition) is 2. The molecule has 2 aliphatic carbocycles. The minimum atomic E-state index is 0.549. The number of nitrogens with one attached hydrogen (secondary N) is 1. The van der Waals surface area contributed by atoms with Crippen LogP contribution in [0.2, 0.25) is 0 Å². The summed E-state index contributed by atoms with van der Waals surface area (Å²) in [4.78, 5) is 0. The molecule has 2 nitrogen and oxygen atoms in total. The first kappa shape index (κ1) is 11.4. The molecule has 2 aliphatic rings. The Hall–Kier alpha value is -0.0800. The molecule has 0 aliphatic heterocycles. The van der Waals surface area contributed by atoms with Gasteiger partial charge in [-0.2, -0.15) is 0 Å². The Balaban J connectivity index is 1.59. The van der Waals surface area contributed by atoms with Gasteiger partial charge in [-0.25, -0.2) is 0 Å². The molecule has 0 aromatic heterocycles. The van der Waals surface area contributed by atoms with Crippen LogP contribution in [0.1, 0.15) is 51.4 Å². The molecule has 1 N–H and O–H groups in total. The summed E-state index contributed by atoms with van der Waals surface area (Å²) in [6.45, 7) is 1.25. The van der Waals surface area contributed by atoms with Crippen LogP contribution in [0.15, 0.2) is 0 Å². The zero-order chi connectivity index (χ0) is 10.5. The van der Waals surface area contributed by atoms with Crippen molar-refractivity contribution in [2.75, 3.05) is 13.7 Å². The van der Waals surface area contributed by atoms with Crippen molar-refractivity contribution in [3.8, 4) is 0 Å². The molecule has 0 atom stereocenters. The molecular weight excluding hydrogens is 186 g/mol. The van der Waals surface area contributed by atoms with E-state index in [1.165, 1.54) is 57.9 Å². The number of methoxy groups -OCH3 is 1. The molecule has 88 valence electrons. The third-order valence-electron chi connectivity index (χ3n) is 4.18. The number of ether oxygens (including phenoxy) is 1. The van der Waals surface area contributed by atoms with E-state index in [1.807, 2.05) is 7.11 Å². The molecule has 0 aromatic rings. The van der Waals surface area contributed by atoms with Crippen LogP contribution in [0.25, 0.3) is 0 Å². The molecule has 0 radical (unpaired) electrons. The summed E-state index contributed by atoms with van der Waals surface area (Å²) in [6.07, 6.45) is 11.5. The Bertz CT molecular complexity index is 169. The summed E-state index contributed by atoms with van der Waals surface area (Å²) in [6, 6.07) is 0.838. The van der Waals surface area contributed by atoms with Gasteiger partial charge in [0.2, 0.25) is 0 Å². The van der Waals surface area contributed by atoms with Gasteiger partial charge in [-0.15, -0.1) is 0 Å². The Labute approximate surface area is 93.8 Å². The molecule has 0 spiro atoms. The van der Waals surface area contributed by atoms with Gasteiger partial charge in [0, 0.05) is 13.2 Å². The topological polar surface area (TPSA) is 21.3 Å². The van der Waals surface area contributed by atoms with Crippen molar-refractivity contribution in [2.45, 2.75) is 63.5 Å². The normalized spacial score (nSPS) is 33.4. The first-order valence-corrected chi connectivity index (χ1v) is 6.64. The molecule has 0 saturated heterocycles. The van der Waals surface area contributed by atoms with E-state index < -0.39 is 0 Å². The third kappa shape index (κ3) is 3.46. The molecule has 0 heterocycles. The second kappa shape index (κ2) is 5.86. The van der Waals surface area contributed by atoms with Crippen molar-refractivity contribution in [1.82, 2.24) is 5.32 Å². The molecule has 0 bridgehead atoms. The third-order valence-corrected chi connectivity index (χ3v) is 4.18. The molecule has 2 saturated carbocycles. The summed E-state index contributed by atoms with van der Waals surface area (Å²) in [5.41, 5.74) is 0. The fourth-order valence-electron chi connectivity index (χ4n) is 3.03. The average molecular weight is 211 g/mol. The van der Waals surface area contributed by atoms with Crippen LogP contribution in [-0.2, 0) is 4.74 Å². The summed E-state index contributed by atoms with van der Waals surface area (Å²) >= 11 is 0. The van der Waals surface area contributed by atoms with Crippen molar-refractivity contribution in [1.29, 1.82) is 0 Å². The van der Waals surface area contributed by atoms with E-state index in [0.717, 1.165) is 12.0 Å². The quantitative estimate of drug-likeness (QED) is 0.772. The van der Waals surface area contributed by atoms with E-state index in [2.05, 4.69) is 5.32 Å². The standard InChI is InChI=1S/C13H25NO/c1-15-13-8-6-11(7-9-13)10-14-12-4-2-3-5-12/h11-14H,2-10H2,1H3/t11-,13+. The molecule has 0 unspecified atom stereocenters. The summed E-state index contributed by atoms with van der Waals surface area (Å²) < 4.78 is 5.40. The van der Waals surface area contributed by atoms with Gasteiger partial charge in [-0.1, -0.05) is 12.8 Å². The zero-order valence-electron chi connectivity index (χ0n) is 10.0. The van der Waals surface area contributed by atoms with Crippen LogP contribution in [0.5, 0.6) is 0 Å². The highest BCUT2D eigenvalue weighted by Gasteiger charge is 2.22. The Morgan fingerprint density at radius 2 is 1.67 bits per heavy atom. The van der Waals surface area contributed by atoms with E-state index in [4.69, 9.17) is 4.74 Å². The van der Waals surface area contributed by atoms with Crippen LogP contribution in [0.3, 0.4) is 0 Å². The molecule has 0 amide bonds. The van der Waals surface area contributed by atoms with Crippen molar-refractivity contribution < 1.29 is 4.74 Å². The van der Waals surface area contributed by atoms with Crippen molar-refractivity contribution in [3.63, 3.8) is 0 Å². The van der Waals surface area contributed by atoms with Crippen LogP contribution in [0.4, 0.5) is 0 Å². The average Bonchev–Trinajstić information content (AvgIpc) is 2.80. The predicted molar refractivity (Wildman–Crippen MR) is 63.0 cm³/mol. The highest BCUT2D eigenvalue weighted by Crippen LogP contribution is 2.26. The van der Waals surface area contributed by atoms with Gasteiger partial charge in [0.1, 0.15) is 0 Å². The second-order valence-electron chi connectivity index (χ2n) is 5.27. The molecule has 2 fully saturated rings. The molecular formula is C13H25NO. The van der Waals surface area contributed by atoms with Crippen LogP contribution in [0, 0.1) is 5.92 Å². The van der Waals surface area contributed by atoms with Crippen LogP contribution < -0.4 is 5.32 Å². The Kier molecular flexibility index (Phi) is 4.45. The first-order valence-electron chi connectivity index (χ1n) is 6.64. The van der Waals surface area contributed by atoms with E-state index in [0.29, 0.717) is 6.10 Å². The van der Waals surface area contributed by atoms with Crippen LogP contribution in [-0.4, -0.2) is 25.8 Å². The van der Waals surface area contributed by atoms with Gasteiger partial charge in [-0.3, -0.25) is 0 Å². The smallest absolute Gasteiger partial charge is 0.0571 e. The van der Waals surface area contributed by atoms with Gasteiger partial charge in [0.25, 0.3) is 0 Å². The maximum atomic E-state index is 5.40. The monoisotopic (exact) mass is 211 g/mol.